The van der Waals surface area contributed by atoms with E-state index >= 15 is 0 Å². The Kier molecular flexibility index (Phi) is 7.73. The number of rotatable bonds is 9. The maximum atomic E-state index is 12.8. The molecule has 35 heavy (non-hydrogen) atoms. The number of carboxylic acid groups (broad SMARTS) is 1. The van der Waals surface area contributed by atoms with Gasteiger partial charge in [-0.05, 0) is 47.9 Å². The minimum Gasteiger partial charge on any atom is -0.481 e. The average molecular weight is 479 g/mol. The Labute approximate surface area is 206 Å². The van der Waals surface area contributed by atoms with E-state index in [0.717, 1.165) is 11.1 Å². The van der Waals surface area contributed by atoms with Crippen molar-refractivity contribution in [2.75, 3.05) is 13.2 Å². The van der Waals surface area contributed by atoms with Gasteiger partial charge in [-0.15, -0.1) is 0 Å². The van der Waals surface area contributed by atoms with Gasteiger partial charge in [-0.25, -0.2) is 4.79 Å². The van der Waals surface area contributed by atoms with Crippen LogP contribution >= 0.6 is 0 Å². The molecule has 1 aliphatic carbocycles. The number of nitrogens with zero attached hydrogens (tertiary/aromatic N) is 1. The smallest absolute Gasteiger partial charge is 0.407 e. The van der Waals surface area contributed by atoms with E-state index in [4.69, 9.17) is 4.74 Å². The van der Waals surface area contributed by atoms with Crippen molar-refractivity contribution in [2.24, 2.45) is 5.92 Å². The third kappa shape index (κ3) is 5.19. The van der Waals surface area contributed by atoms with Gasteiger partial charge in [-0.3, -0.25) is 9.59 Å². The van der Waals surface area contributed by atoms with Crippen molar-refractivity contribution in [3.63, 3.8) is 0 Å². The van der Waals surface area contributed by atoms with Crippen LogP contribution in [0.25, 0.3) is 11.1 Å². The zero-order valence-corrected chi connectivity index (χ0v) is 20.4. The quantitative estimate of drug-likeness (QED) is 0.540. The minimum atomic E-state index is -0.837. The summed E-state index contributed by atoms with van der Waals surface area (Å²) in [5.74, 6) is -1.38. The van der Waals surface area contributed by atoms with Gasteiger partial charge in [-0.2, -0.15) is 0 Å². The number of hydrogen-bond acceptors (Lipinski definition) is 4. The SMILES string of the molecule is CCC(CCC(=O)N1CCC(C(=O)O)C1CC)NC(=O)OCC1c2ccccc2-c2ccccc21. The molecular weight excluding hydrogens is 444 g/mol. The summed E-state index contributed by atoms with van der Waals surface area (Å²) in [6.45, 7) is 4.60. The van der Waals surface area contributed by atoms with Gasteiger partial charge in [0, 0.05) is 31.0 Å². The number of hydrogen-bond donors (Lipinski definition) is 2. The standard InChI is InChI=1S/C28H34N2O5/c1-3-18(13-14-26(31)30-16-15-23(27(32)33)25(30)4-2)29-28(34)35-17-24-21-11-7-5-9-19(21)20-10-6-8-12-22(20)24/h5-12,18,23-25H,3-4,13-17H2,1-2H3,(H,29,34)(H,32,33). The van der Waals surface area contributed by atoms with E-state index in [9.17, 15) is 19.5 Å². The number of alkyl carbamates (subject to hydrolysis) is 1. The van der Waals surface area contributed by atoms with Crippen molar-refractivity contribution in [3.8, 4) is 11.1 Å². The minimum absolute atomic E-state index is 0.00173. The zero-order chi connectivity index (χ0) is 24.9. The molecule has 4 rings (SSSR count). The molecule has 0 aromatic heterocycles. The van der Waals surface area contributed by atoms with Crippen LogP contribution < -0.4 is 5.32 Å². The molecule has 3 atom stereocenters. The Balaban J connectivity index is 1.30. The second-order valence-electron chi connectivity index (χ2n) is 9.41. The molecule has 1 saturated heterocycles. The maximum Gasteiger partial charge on any atom is 0.407 e. The Hall–Kier alpha value is -3.35. The van der Waals surface area contributed by atoms with Crippen LogP contribution in [0.4, 0.5) is 4.79 Å². The van der Waals surface area contributed by atoms with Crippen molar-refractivity contribution in [1.82, 2.24) is 10.2 Å². The Morgan fingerprint density at radius 1 is 1.06 bits per heavy atom. The van der Waals surface area contributed by atoms with Crippen LogP contribution in [0.15, 0.2) is 48.5 Å². The lowest BCUT2D eigenvalue weighted by molar-refractivity contribution is -0.143. The topological polar surface area (TPSA) is 95.9 Å². The number of carbonyl (C=O) groups is 3. The molecule has 186 valence electrons. The fourth-order valence-electron chi connectivity index (χ4n) is 5.58. The number of benzene rings is 2. The van der Waals surface area contributed by atoms with E-state index in [-0.39, 0.29) is 36.9 Å². The molecule has 2 N–H and O–H groups in total. The van der Waals surface area contributed by atoms with Gasteiger partial charge in [0.2, 0.25) is 5.91 Å². The fourth-order valence-corrected chi connectivity index (χ4v) is 5.58. The summed E-state index contributed by atoms with van der Waals surface area (Å²) >= 11 is 0. The number of aliphatic carboxylic acids is 1. The molecule has 0 saturated carbocycles. The molecule has 7 heteroatoms. The molecular formula is C28H34N2O5. The highest BCUT2D eigenvalue weighted by molar-refractivity contribution is 5.80. The van der Waals surface area contributed by atoms with Crippen molar-refractivity contribution >= 4 is 18.0 Å². The molecule has 0 radical (unpaired) electrons. The van der Waals surface area contributed by atoms with E-state index in [1.807, 2.05) is 38.1 Å². The number of nitrogens with one attached hydrogen (secondary N) is 1. The van der Waals surface area contributed by atoms with Gasteiger partial charge in [-0.1, -0.05) is 62.4 Å². The second-order valence-corrected chi connectivity index (χ2v) is 9.41. The predicted octanol–water partition coefficient (Wildman–Crippen LogP) is 4.80. The number of carbonyl (C=O) groups excluding carboxylic acids is 2. The Bertz CT molecular complexity index is 1040. The fraction of sp³-hybridized carbons (Fsp3) is 0.464. The zero-order valence-electron chi connectivity index (χ0n) is 20.4. The molecule has 1 aliphatic heterocycles. The Morgan fingerprint density at radius 2 is 1.69 bits per heavy atom. The lowest BCUT2D eigenvalue weighted by Crippen LogP contribution is -2.41. The summed E-state index contributed by atoms with van der Waals surface area (Å²) in [4.78, 5) is 38.6. The molecule has 7 nitrogen and oxygen atoms in total. The van der Waals surface area contributed by atoms with Crippen molar-refractivity contribution in [2.45, 2.75) is 64.0 Å². The molecule has 0 bridgehead atoms. The van der Waals surface area contributed by atoms with E-state index in [1.165, 1.54) is 11.1 Å². The number of ether oxygens (including phenoxy) is 1. The summed E-state index contributed by atoms with van der Waals surface area (Å²) in [5, 5.41) is 12.3. The van der Waals surface area contributed by atoms with E-state index < -0.39 is 18.0 Å². The van der Waals surface area contributed by atoms with E-state index in [1.54, 1.807) is 4.90 Å². The first-order valence-corrected chi connectivity index (χ1v) is 12.6. The summed E-state index contributed by atoms with van der Waals surface area (Å²) in [6.07, 6.45) is 2.07. The van der Waals surface area contributed by atoms with Gasteiger partial charge in [0.05, 0.1) is 5.92 Å². The van der Waals surface area contributed by atoms with Crippen LogP contribution in [0.3, 0.4) is 0 Å². The predicted molar refractivity (Wildman–Crippen MR) is 133 cm³/mol. The monoisotopic (exact) mass is 478 g/mol. The van der Waals surface area contributed by atoms with Crippen molar-refractivity contribution < 1.29 is 24.2 Å². The van der Waals surface area contributed by atoms with Gasteiger partial charge >= 0.3 is 12.1 Å². The number of amides is 2. The van der Waals surface area contributed by atoms with E-state index in [2.05, 4.69) is 29.6 Å². The maximum absolute atomic E-state index is 12.8. The molecule has 1 heterocycles. The summed E-state index contributed by atoms with van der Waals surface area (Å²) < 4.78 is 5.64. The van der Waals surface area contributed by atoms with Gasteiger partial charge in [0.15, 0.2) is 0 Å². The molecule has 2 aliphatic rings. The first-order chi connectivity index (χ1) is 16.9. The highest BCUT2D eigenvalue weighted by Crippen LogP contribution is 2.44. The first kappa shape index (κ1) is 24.8. The third-order valence-electron chi connectivity index (χ3n) is 7.47. The molecule has 1 fully saturated rings. The Morgan fingerprint density at radius 3 is 2.26 bits per heavy atom. The summed E-state index contributed by atoms with van der Waals surface area (Å²) in [6, 6.07) is 16.0. The van der Waals surface area contributed by atoms with Gasteiger partial charge < -0.3 is 20.1 Å². The highest BCUT2D eigenvalue weighted by Gasteiger charge is 2.39. The average Bonchev–Trinajstić information content (AvgIpc) is 3.44. The van der Waals surface area contributed by atoms with Crippen LogP contribution in [0, 0.1) is 5.92 Å². The van der Waals surface area contributed by atoms with Crippen LogP contribution in [0.5, 0.6) is 0 Å². The largest absolute Gasteiger partial charge is 0.481 e. The summed E-state index contributed by atoms with van der Waals surface area (Å²) in [5.41, 5.74) is 4.68. The number of carboxylic acids is 1. The normalized spacial score (nSPS) is 19.7. The van der Waals surface area contributed by atoms with Crippen LogP contribution in [0.1, 0.15) is 63.0 Å². The molecule has 3 unspecified atom stereocenters. The summed E-state index contributed by atoms with van der Waals surface area (Å²) in [7, 11) is 0. The van der Waals surface area contributed by atoms with Crippen LogP contribution in [0.2, 0.25) is 0 Å². The number of fused-ring (bicyclic) bond motifs is 3. The third-order valence-corrected chi connectivity index (χ3v) is 7.47. The van der Waals surface area contributed by atoms with Gasteiger partial charge in [0.25, 0.3) is 0 Å². The lowest BCUT2D eigenvalue weighted by Gasteiger charge is -2.26. The second kappa shape index (κ2) is 10.9. The molecule has 2 amide bonds. The number of likely N-dealkylation sites (tertiary alicyclic amines) is 1. The molecule has 0 spiro atoms. The van der Waals surface area contributed by atoms with Crippen molar-refractivity contribution in [3.05, 3.63) is 59.7 Å². The van der Waals surface area contributed by atoms with Crippen LogP contribution in [-0.4, -0.2) is 53.2 Å². The van der Waals surface area contributed by atoms with Crippen molar-refractivity contribution in [1.29, 1.82) is 0 Å². The van der Waals surface area contributed by atoms with E-state index in [0.29, 0.717) is 32.2 Å². The molecule has 2 aromatic rings. The lowest BCUT2D eigenvalue weighted by atomic mass is 9.98. The van der Waals surface area contributed by atoms with Crippen LogP contribution in [-0.2, 0) is 14.3 Å². The highest BCUT2D eigenvalue weighted by atomic mass is 16.5. The molecule has 2 aromatic carbocycles. The first-order valence-electron chi connectivity index (χ1n) is 12.6. The van der Waals surface area contributed by atoms with Gasteiger partial charge in [0.1, 0.15) is 6.61 Å².